The number of aliphatic hydroxyl groups excluding tert-OH is 1. The van der Waals surface area contributed by atoms with E-state index < -0.39 is 0 Å². The fourth-order valence-corrected chi connectivity index (χ4v) is 4.12. The highest BCUT2D eigenvalue weighted by Gasteiger charge is 2.18. The molecule has 0 spiro atoms. The maximum Gasteiger partial charge on any atom is 0.0708 e. The summed E-state index contributed by atoms with van der Waals surface area (Å²) in [6, 6.07) is 18.8. The topological polar surface area (TPSA) is 33.1 Å². The van der Waals surface area contributed by atoms with E-state index in [1.165, 1.54) is 34.4 Å². The molecule has 1 atom stereocenters. The number of benzene rings is 2. The standard InChI is InChI=1S/C24H24ClNO/c1-16(27)12-17-8-10-18(11-9-17)13-20-15-24(19-4-2-5-21(25)14-19)26-23-7-3-6-22(20)23/h2,4-5,8-11,14-16,27H,3,6-7,12-13H2,1H3/t16-/m1/s1. The molecule has 4 rings (SSSR count). The Bertz CT molecular complexity index is 947. The van der Waals surface area contributed by atoms with Gasteiger partial charge in [0.25, 0.3) is 0 Å². The first-order valence-electron chi connectivity index (χ1n) is 9.62. The first-order valence-corrected chi connectivity index (χ1v) is 10.00. The number of hydrogen-bond donors (Lipinski definition) is 1. The van der Waals surface area contributed by atoms with Gasteiger partial charge in [-0.3, -0.25) is 4.98 Å². The second-order valence-corrected chi connectivity index (χ2v) is 7.94. The lowest BCUT2D eigenvalue weighted by molar-refractivity contribution is 0.195. The number of hydrogen-bond acceptors (Lipinski definition) is 2. The van der Waals surface area contributed by atoms with Gasteiger partial charge in [0.2, 0.25) is 0 Å². The van der Waals surface area contributed by atoms with Crippen molar-refractivity contribution < 1.29 is 5.11 Å². The van der Waals surface area contributed by atoms with Crippen molar-refractivity contribution in [1.82, 2.24) is 4.98 Å². The van der Waals surface area contributed by atoms with Crippen LogP contribution in [0.4, 0.5) is 0 Å². The van der Waals surface area contributed by atoms with Gasteiger partial charge in [-0.2, -0.15) is 0 Å². The molecule has 0 radical (unpaired) electrons. The lowest BCUT2D eigenvalue weighted by Crippen LogP contribution is -2.04. The molecule has 138 valence electrons. The summed E-state index contributed by atoms with van der Waals surface area (Å²) >= 11 is 6.19. The summed E-state index contributed by atoms with van der Waals surface area (Å²) in [6.07, 6.45) is 4.66. The van der Waals surface area contributed by atoms with Crippen LogP contribution in [0.25, 0.3) is 11.3 Å². The van der Waals surface area contributed by atoms with Gasteiger partial charge in [-0.05, 0) is 79.5 Å². The Balaban J connectivity index is 1.66. The van der Waals surface area contributed by atoms with Crippen LogP contribution in [0, 0.1) is 0 Å². The summed E-state index contributed by atoms with van der Waals surface area (Å²) in [6.45, 7) is 1.82. The number of rotatable bonds is 5. The van der Waals surface area contributed by atoms with Crippen molar-refractivity contribution in [2.24, 2.45) is 0 Å². The van der Waals surface area contributed by atoms with Crippen LogP contribution in [0.5, 0.6) is 0 Å². The van der Waals surface area contributed by atoms with Crippen LogP contribution < -0.4 is 0 Å². The average molecular weight is 378 g/mol. The zero-order valence-corrected chi connectivity index (χ0v) is 16.3. The van der Waals surface area contributed by atoms with E-state index in [-0.39, 0.29) is 6.10 Å². The first-order chi connectivity index (χ1) is 13.1. The molecular weight excluding hydrogens is 354 g/mol. The van der Waals surface area contributed by atoms with Gasteiger partial charge in [0, 0.05) is 16.3 Å². The molecule has 0 bridgehead atoms. The number of aliphatic hydroxyl groups is 1. The molecule has 0 saturated heterocycles. The van der Waals surface area contributed by atoms with E-state index in [1.807, 2.05) is 25.1 Å². The van der Waals surface area contributed by atoms with E-state index in [0.29, 0.717) is 6.42 Å². The fourth-order valence-electron chi connectivity index (χ4n) is 3.93. The zero-order chi connectivity index (χ0) is 18.8. The van der Waals surface area contributed by atoms with Crippen LogP contribution >= 0.6 is 11.6 Å². The summed E-state index contributed by atoms with van der Waals surface area (Å²) < 4.78 is 0. The number of aryl methyl sites for hydroxylation is 1. The van der Waals surface area contributed by atoms with E-state index in [0.717, 1.165) is 35.5 Å². The Morgan fingerprint density at radius 1 is 1.04 bits per heavy atom. The Morgan fingerprint density at radius 2 is 1.81 bits per heavy atom. The molecule has 1 aliphatic carbocycles. The highest BCUT2D eigenvalue weighted by molar-refractivity contribution is 6.30. The Labute approximate surface area is 165 Å². The molecule has 27 heavy (non-hydrogen) atoms. The van der Waals surface area contributed by atoms with Gasteiger partial charge in [0.1, 0.15) is 0 Å². The maximum atomic E-state index is 9.56. The van der Waals surface area contributed by atoms with E-state index in [1.54, 1.807) is 0 Å². The molecule has 0 unspecified atom stereocenters. The van der Waals surface area contributed by atoms with Crippen molar-refractivity contribution in [3.8, 4) is 11.3 Å². The zero-order valence-electron chi connectivity index (χ0n) is 15.6. The third-order valence-corrected chi connectivity index (χ3v) is 5.45. The minimum Gasteiger partial charge on any atom is -0.393 e. The van der Waals surface area contributed by atoms with E-state index in [9.17, 15) is 5.11 Å². The number of aromatic nitrogens is 1. The second-order valence-electron chi connectivity index (χ2n) is 7.50. The normalized spacial score (nSPS) is 14.2. The van der Waals surface area contributed by atoms with Crippen molar-refractivity contribution in [3.63, 3.8) is 0 Å². The van der Waals surface area contributed by atoms with E-state index in [2.05, 4.69) is 36.4 Å². The number of pyridine rings is 1. The number of nitrogens with zero attached hydrogens (tertiary/aromatic N) is 1. The molecular formula is C24H24ClNO. The smallest absolute Gasteiger partial charge is 0.0708 e. The van der Waals surface area contributed by atoms with Gasteiger partial charge in [0.05, 0.1) is 11.8 Å². The number of fused-ring (bicyclic) bond motifs is 1. The summed E-state index contributed by atoms with van der Waals surface area (Å²) in [7, 11) is 0. The van der Waals surface area contributed by atoms with Crippen molar-refractivity contribution >= 4 is 11.6 Å². The Hall–Kier alpha value is -2.16. The molecule has 0 amide bonds. The quantitative estimate of drug-likeness (QED) is 0.645. The van der Waals surface area contributed by atoms with Crippen molar-refractivity contribution in [1.29, 1.82) is 0 Å². The van der Waals surface area contributed by atoms with E-state index in [4.69, 9.17) is 16.6 Å². The van der Waals surface area contributed by atoms with Crippen molar-refractivity contribution in [2.45, 2.75) is 45.1 Å². The van der Waals surface area contributed by atoms with Crippen LogP contribution in [0.3, 0.4) is 0 Å². The lowest BCUT2D eigenvalue weighted by atomic mass is 9.96. The van der Waals surface area contributed by atoms with Gasteiger partial charge in [-0.1, -0.05) is 48.0 Å². The lowest BCUT2D eigenvalue weighted by Gasteiger charge is -2.13. The predicted molar refractivity (Wildman–Crippen MR) is 111 cm³/mol. The highest BCUT2D eigenvalue weighted by Crippen LogP contribution is 2.31. The van der Waals surface area contributed by atoms with Crippen LogP contribution in [0.15, 0.2) is 54.6 Å². The maximum absolute atomic E-state index is 9.56. The van der Waals surface area contributed by atoms with Gasteiger partial charge in [-0.15, -0.1) is 0 Å². The third kappa shape index (κ3) is 4.23. The van der Waals surface area contributed by atoms with Gasteiger partial charge < -0.3 is 5.11 Å². The van der Waals surface area contributed by atoms with E-state index >= 15 is 0 Å². The SMILES string of the molecule is C[C@@H](O)Cc1ccc(Cc2cc(-c3cccc(Cl)c3)nc3c2CCC3)cc1. The monoisotopic (exact) mass is 377 g/mol. The van der Waals surface area contributed by atoms with Crippen LogP contribution in [0.1, 0.15) is 41.3 Å². The third-order valence-electron chi connectivity index (χ3n) is 5.21. The molecule has 1 N–H and O–H groups in total. The summed E-state index contributed by atoms with van der Waals surface area (Å²) in [5.41, 5.74) is 8.59. The van der Waals surface area contributed by atoms with Crippen molar-refractivity contribution in [2.75, 3.05) is 0 Å². The van der Waals surface area contributed by atoms with Crippen LogP contribution in [-0.2, 0) is 25.7 Å². The number of halogens is 1. The molecule has 0 fully saturated rings. The average Bonchev–Trinajstić information content (AvgIpc) is 3.12. The molecule has 1 aliphatic rings. The van der Waals surface area contributed by atoms with Crippen molar-refractivity contribution in [3.05, 3.63) is 87.6 Å². The summed E-state index contributed by atoms with van der Waals surface area (Å²) in [5, 5.41) is 10.3. The molecule has 2 nitrogen and oxygen atoms in total. The molecule has 1 aromatic heterocycles. The Morgan fingerprint density at radius 3 is 2.56 bits per heavy atom. The largest absolute Gasteiger partial charge is 0.393 e. The molecule has 3 heteroatoms. The molecule has 3 aromatic rings. The van der Waals surface area contributed by atoms with Gasteiger partial charge in [-0.25, -0.2) is 0 Å². The summed E-state index contributed by atoms with van der Waals surface area (Å²) in [4.78, 5) is 4.93. The summed E-state index contributed by atoms with van der Waals surface area (Å²) in [5.74, 6) is 0. The minimum absolute atomic E-state index is 0.306. The van der Waals surface area contributed by atoms with Crippen LogP contribution in [0.2, 0.25) is 5.02 Å². The molecule has 1 heterocycles. The second kappa shape index (κ2) is 7.84. The fraction of sp³-hybridized carbons (Fsp3) is 0.292. The minimum atomic E-state index is -0.306. The van der Waals surface area contributed by atoms with Gasteiger partial charge >= 0.3 is 0 Å². The van der Waals surface area contributed by atoms with Gasteiger partial charge in [0.15, 0.2) is 0 Å². The first kappa shape index (κ1) is 18.2. The predicted octanol–water partition coefficient (Wildman–Crippen LogP) is 5.40. The highest BCUT2D eigenvalue weighted by atomic mass is 35.5. The molecule has 2 aromatic carbocycles. The van der Waals surface area contributed by atoms with Crippen LogP contribution in [-0.4, -0.2) is 16.2 Å². The molecule has 0 aliphatic heterocycles. The molecule has 0 saturated carbocycles. The Kier molecular flexibility index (Phi) is 5.29.